The van der Waals surface area contributed by atoms with E-state index in [0.29, 0.717) is 6.61 Å². The first-order chi connectivity index (χ1) is 7.04. The van der Waals surface area contributed by atoms with Gasteiger partial charge in [0, 0.05) is 12.1 Å². The predicted molar refractivity (Wildman–Crippen MR) is 49.3 cm³/mol. The molecule has 0 atom stereocenters. The van der Waals surface area contributed by atoms with Gasteiger partial charge in [0.25, 0.3) is 0 Å². The zero-order valence-corrected chi connectivity index (χ0v) is 7.93. The monoisotopic (exact) mass is 211 g/mol. The molecule has 6 heteroatoms. The highest BCUT2D eigenvalue weighted by Gasteiger charge is 2.13. The summed E-state index contributed by atoms with van der Waals surface area (Å²) in [4.78, 5) is 24.7. The number of aromatic carboxylic acids is 2. The van der Waals surface area contributed by atoms with Gasteiger partial charge in [-0.2, -0.15) is 0 Å². The predicted octanol–water partition coefficient (Wildman–Crippen LogP) is 0.877. The van der Waals surface area contributed by atoms with E-state index in [2.05, 4.69) is 4.98 Å². The van der Waals surface area contributed by atoms with Crippen molar-refractivity contribution in [2.45, 2.75) is 6.92 Å². The molecule has 0 bridgehead atoms. The number of pyridine rings is 1. The van der Waals surface area contributed by atoms with Gasteiger partial charge >= 0.3 is 11.9 Å². The highest BCUT2D eigenvalue weighted by Crippen LogP contribution is 2.14. The SMILES string of the molecule is CCOc1cc(C(=O)O)nc(C(=O)O)c1. The first-order valence-electron chi connectivity index (χ1n) is 4.16. The molecule has 0 aromatic carbocycles. The summed E-state index contributed by atoms with van der Waals surface area (Å²) in [5, 5.41) is 17.3. The Balaban J connectivity index is 3.19. The van der Waals surface area contributed by atoms with Crippen LogP contribution in [0.3, 0.4) is 0 Å². The summed E-state index contributed by atoms with van der Waals surface area (Å²) < 4.78 is 5.02. The average Bonchev–Trinajstić information content (AvgIpc) is 2.17. The molecule has 1 aromatic rings. The number of carboxylic acid groups (broad SMARTS) is 2. The van der Waals surface area contributed by atoms with Gasteiger partial charge in [-0.05, 0) is 6.92 Å². The number of hydrogen-bond acceptors (Lipinski definition) is 4. The second kappa shape index (κ2) is 4.41. The largest absolute Gasteiger partial charge is 0.494 e. The van der Waals surface area contributed by atoms with Crippen molar-refractivity contribution in [1.29, 1.82) is 0 Å². The summed E-state index contributed by atoms with van der Waals surface area (Å²) in [6.07, 6.45) is 0. The van der Waals surface area contributed by atoms with Gasteiger partial charge in [0.1, 0.15) is 5.75 Å². The van der Waals surface area contributed by atoms with Crippen molar-refractivity contribution in [1.82, 2.24) is 4.98 Å². The van der Waals surface area contributed by atoms with Crippen LogP contribution in [-0.4, -0.2) is 33.7 Å². The second-order valence-electron chi connectivity index (χ2n) is 2.62. The topological polar surface area (TPSA) is 96.7 Å². The molecule has 0 spiro atoms. The maximum Gasteiger partial charge on any atom is 0.354 e. The average molecular weight is 211 g/mol. The molecule has 80 valence electrons. The third kappa shape index (κ3) is 2.67. The Morgan fingerprint density at radius 2 is 1.73 bits per heavy atom. The van der Waals surface area contributed by atoms with Gasteiger partial charge in [0.15, 0.2) is 11.4 Å². The van der Waals surface area contributed by atoms with E-state index in [9.17, 15) is 9.59 Å². The minimum atomic E-state index is -1.29. The molecule has 0 aliphatic rings. The molecule has 0 saturated heterocycles. The van der Waals surface area contributed by atoms with Crippen molar-refractivity contribution in [2.24, 2.45) is 0 Å². The molecule has 0 saturated carbocycles. The third-order valence-electron chi connectivity index (χ3n) is 1.55. The van der Waals surface area contributed by atoms with Crippen LogP contribution >= 0.6 is 0 Å². The van der Waals surface area contributed by atoms with Crippen molar-refractivity contribution in [3.05, 3.63) is 23.5 Å². The Labute approximate surface area is 85.1 Å². The minimum absolute atomic E-state index is 0.183. The van der Waals surface area contributed by atoms with Gasteiger partial charge in [0.2, 0.25) is 0 Å². The molecule has 0 fully saturated rings. The Morgan fingerprint density at radius 1 is 1.27 bits per heavy atom. The van der Waals surface area contributed by atoms with E-state index in [-0.39, 0.29) is 17.1 Å². The molecule has 0 amide bonds. The molecule has 6 nitrogen and oxygen atoms in total. The van der Waals surface area contributed by atoms with Crippen LogP contribution in [0.2, 0.25) is 0 Å². The maximum atomic E-state index is 10.6. The standard InChI is InChI=1S/C9H9NO5/c1-2-15-5-3-6(8(11)12)10-7(4-5)9(13)14/h3-4H,2H2,1H3,(H,11,12)(H,13,14). The lowest BCUT2D eigenvalue weighted by Crippen LogP contribution is -2.08. The van der Waals surface area contributed by atoms with E-state index in [1.54, 1.807) is 6.92 Å². The van der Waals surface area contributed by atoms with Gasteiger partial charge in [-0.25, -0.2) is 14.6 Å². The first kappa shape index (κ1) is 11.0. The summed E-state index contributed by atoms with van der Waals surface area (Å²) in [5.74, 6) is -2.40. The second-order valence-corrected chi connectivity index (χ2v) is 2.62. The molecule has 0 radical (unpaired) electrons. The highest BCUT2D eigenvalue weighted by molar-refractivity contribution is 5.90. The fourth-order valence-corrected chi connectivity index (χ4v) is 0.975. The van der Waals surface area contributed by atoms with E-state index >= 15 is 0 Å². The van der Waals surface area contributed by atoms with Crippen molar-refractivity contribution in [3.63, 3.8) is 0 Å². The van der Waals surface area contributed by atoms with Gasteiger partial charge in [-0.3, -0.25) is 0 Å². The van der Waals surface area contributed by atoms with Gasteiger partial charge in [-0.1, -0.05) is 0 Å². The van der Waals surface area contributed by atoms with Crippen LogP contribution in [0.1, 0.15) is 27.9 Å². The summed E-state index contributed by atoms with van der Waals surface area (Å²) in [7, 11) is 0. The number of carbonyl (C=O) groups is 2. The number of aromatic nitrogens is 1. The van der Waals surface area contributed by atoms with Crippen molar-refractivity contribution in [2.75, 3.05) is 6.61 Å². The van der Waals surface area contributed by atoms with Crippen molar-refractivity contribution < 1.29 is 24.5 Å². The van der Waals surface area contributed by atoms with Gasteiger partial charge in [0.05, 0.1) is 6.61 Å². The van der Waals surface area contributed by atoms with Crippen LogP contribution in [0.25, 0.3) is 0 Å². The van der Waals surface area contributed by atoms with Crippen LogP contribution in [0.15, 0.2) is 12.1 Å². The molecule has 0 aliphatic heterocycles. The fraction of sp³-hybridized carbons (Fsp3) is 0.222. The molecular formula is C9H9NO5. The molecule has 0 unspecified atom stereocenters. The fourth-order valence-electron chi connectivity index (χ4n) is 0.975. The van der Waals surface area contributed by atoms with E-state index in [1.165, 1.54) is 12.1 Å². The van der Waals surface area contributed by atoms with E-state index in [1.807, 2.05) is 0 Å². The Morgan fingerprint density at radius 3 is 2.07 bits per heavy atom. The molecule has 1 aromatic heterocycles. The molecule has 2 N–H and O–H groups in total. The van der Waals surface area contributed by atoms with Crippen molar-refractivity contribution >= 4 is 11.9 Å². The van der Waals surface area contributed by atoms with E-state index < -0.39 is 11.9 Å². The summed E-state index contributed by atoms with van der Waals surface area (Å²) in [6, 6.07) is 2.36. The number of carboxylic acids is 2. The molecule has 1 rings (SSSR count). The summed E-state index contributed by atoms with van der Waals surface area (Å²) >= 11 is 0. The lowest BCUT2D eigenvalue weighted by Gasteiger charge is -2.04. The lowest BCUT2D eigenvalue weighted by atomic mass is 10.3. The quantitative estimate of drug-likeness (QED) is 0.767. The number of hydrogen-bond donors (Lipinski definition) is 2. The summed E-state index contributed by atoms with van der Waals surface area (Å²) in [6.45, 7) is 2.03. The van der Waals surface area contributed by atoms with Crippen LogP contribution in [0, 0.1) is 0 Å². The molecule has 1 heterocycles. The van der Waals surface area contributed by atoms with Gasteiger partial charge < -0.3 is 14.9 Å². The van der Waals surface area contributed by atoms with Crippen molar-refractivity contribution in [3.8, 4) is 5.75 Å². The highest BCUT2D eigenvalue weighted by atomic mass is 16.5. The van der Waals surface area contributed by atoms with Crippen LogP contribution in [0.4, 0.5) is 0 Å². The Hall–Kier alpha value is -2.11. The Bertz CT molecular complexity index is 369. The minimum Gasteiger partial charge on any atom is -0.494 e. The van der Waals surface area contributed by atoms with Crippen LogP contribution < -0.4 is 4.74 Å². The zero-order valence-electron chi connectivity index (χ0n) is 7.93. The normalized spacial score (nSPS) is 9.67. The third-order valence-corrected chi connectivity index (χ3v) is 1.55. The molecule has 15 heavy (non-hydrogen) atoms. The van der Waals surface area contributed by atoms with Crippen LogP contribution in [0.5, 0.6) is 5.75 Å². The number of rotatable bonds is 4. The van der Waals surface area contributed by atoms with Crippen LogP contribution in [-0.2, 0) is 0 Å². The van der Waals surface area contributed by atoms with Gasteiger partial charge in [-0.15, -0.1) is 0 Å². The number of ether oxygens (including phenoxy) is 1. The van der Waals surface area contributed by atoms with E-state index in [4.69, 9.17) is 14.9 Å². The maximum absolute atomic E-state index is 10.6. The Kier molecular flexibility index (Phi) is 3.22. The first-order valence-corrected chi connectivity index (χ1v) is 4.16. The van der Waals surface area contributed by atoms with E-state index in [0.717, 1.165) is 0 Å². The molecular weight excluding hydrogens is 202 g/mol. The zero-order chi connectivity index (χ0) is 11.4. The molecule has 0 aliphatic carbocycles. The summed E-state index contributed by atoms with van der Waals surface area (Å²) in [5.41, 5.74) is -0.697. The smallest absolute Gasteiger partial charge is 0.354 e. The lowest BCUT2D eigenvalue weighted by molar-refractivity contribution is 0.0684. The number of nitrogens with zero attached hydrogens (tertiary/aromatic N) is 1.